The van der Waals surface area contributed by atoms with Crippen molar-refractivity contribution in [2.45, 2.75) is 36.7 Å². The Labute approximate surface area is 118 Å². The first-order chi connectivity index (χ1) is 8.75. The predicted molar refractivity (Wildman–Crippen MR) is 77.7 cm³/mol. The maximum atomic E-state index is 6.28. The normalized spacial score (nSPS) is 34.8. The van der Waals surface area contributed by atoms with Crippen LogP contribution in [0.25, 0.3) is 0 Å². The molecule has 3 heteroatoms. The molecule has 1 nitrogen and oxygen atoms in total. The van der Waals surface area contributed by atoms with E-state index in [4.69, 9.17) is 16.3 Å². The second-order valence-electron chi connectivity index (χ2n) is 5.51. The summed E-state index contributed by atoms with van der Waals surface area (Å²) in [7, 11) is 0. The molecule has 1 fully saturated rings. The number of halogens is 1. The lowest BCUT2D eigenvalue weighted by atomic mass is 9.75. The molecule has 2 aliphatic rings. The molecular formula is C15H19ClOS. The number of benzene rings is 1. The third kappa shape index (κ3) is 2.09. The van der Waals surface area contributed by atoms with E-state index < -0.39 is 0 Å². The van der Waals surface area contributed by atoms with Crippen molar-refractivity contribution in [2.75, 3.05) is 18.2 Å². The van der Waals surface area contributed by atoms with E-state index >= 15 is 0 Å². The molecule has 3 rings (SSSR count). The molecule has 1 saturated heterocycles. The molecule has 2 heterocycles. The number of fused-ring (bicyclic) bond motifs is 1. The summed E-state index contributed by atoms with van der Waals surface area (Å²) in [5, 5.41) is 0. The second kappa shape index (κ2) is 5.07. The monoisotopic (exact) mass is 282 g/mol. The summed E-state index contributed by atoms with van der Waals surface area (Å²) < 4.78 is 5.77. The molecule has 0 aromatic heterocycles. The molecule has 18 heavy (non-hydrogen) atoms. The molecule has 0 N–H and O–H groups in total. The van der Waals surface area contributed by atoms with Gasteiger partial charge in [0.15, 0.2) is 0 Å². The van der Waals surface area contributed by atoms with Gasteiger partial charge >= 0.3 is 0 Å². The molecule has 2 aliphatic heterocycles. The summed E-state index contributed by atoms with van der Waals surface area (Å²) >= 11 is 8.26. The summed E-state index contributed by atoms with van der Waals surface area (Å²) in [6, 6.07) is 8.80. The smallest absolute Gasteiger partial charge is 0.0615 e. The fourth-order valence-corrected chi connectivity index (χ4v) is 4.92. The molecule has 3 unspecified atom stereocenters. The summed E-state index contributed by atoms with van der Waals surface area (Å²) in [5.74, 6) is 2.57. The van der Waals surface area contributed by atoms with Crippen molar-refractivity contribution in [1.29, 1.82) is 0 Å². The first-order valence-corrected chi connectivity index (χ1v) is 8.16. The Bertz CT molecular complexity index is 436. The SMILES string of the molecule is CC1OCCC1(CCl)CC1CSc2ccccc21. The zero-order valence-corrected chi connectivity index (χ0v) is 12.3. The molecule has 0 radical (unpaired) electrons. The first-order valence-electron chi connectivity index (χ1n) is 6.64. The van der Waals surface area contributed by atoms with Gasteiger partial charge in [-0.2, -0.15) is 0 Å². The van der Waals surface area contributed by atoms with Crippen LogP contribution in [0.15, 0.2) is 29.2 Å². The molecule has 0 aliphatic carbocycles. The van der Waals surface area contributed by atoms with Crippen molar-refractivity contribution < 1.29 is 4.74 Å². The lowest BCUT2D eigenvalue weighted by Gasteiger charge is -2.32. The molecule has 98 valence electrons. The lowest BCUT2D eigenvalue weighted by Crippen LogP contribution is -2.32. The molecular weight excluding hydrogens is 264 g/mol. The van der Waals surface area contributed by atoms with Crippen LogP contribution in [0.5, 0.6) is 0 Å². The molecule has 1 aromatic carbocycles. The van der Waals surface area contributed by atoms with Crippen LogP contribution in [-0.2, 0) is 4.74 Å². The number of thioether (sulfide) groups is 1. The van der Waals surface area contributed by atoms with Crippen LogP contribution in [0.2, 0.25) is 0 Å². The Morgan fingerprint density at radius 1 is 1.44 bits per heavy atom. The largest absolute Gasteiger partial charge is 0.378 e. The van der Waals surface area contributed by atoms with Crippen LogP contribution in [0.4, 0.5) is 0 Å². The molecule has 0 amide bonds. The Morgan fingerprint density at radius 3 is 3.00 bits per heavy atom. The molecule has 0 spiro atoms. The summed E-state index contributed by atoms with van der Waals surface area (Å²) in [6.45, 7) is 3.05. The van der Waals surface area contributed by atoms with Gasteiger partial charge in [0.2, 0.25) is 0 Å². The van der Waals surface area contributed by atoms with Gasteiger partial charge in [0.05, 0.1) is 6.10 Å². The number of hydrogen-bond donors (Lipinski definition) is 0. The zero-order chi connectivity index (χ0) is 12.6. The van der Waals surface area contributed by atoms with E-state index in [0.717, 1.165) is 18.9 Å². The zero-order valence-electron chi connectivity index (χ0n) is 10.7. The Balaban J connectivity index is 1.81. The Hall–Kier alpha value is -0.180. The number of hydrogen-bond acceptors (Lipinski definition) is 2. The lowest BCUT2D eigenvalue weighted by molar-refractivity contribution is 0.0669. The third-order valence-corrected chi connectivity index (χ3v) is 6.33. The maximum Gasteiger partial charge on any atom is 0.0615 e. The highest BCUT2D eigenvalue weighted by Gasteiger charge is 2.43. The minimum atomic E-state index is 0.185. The molecule has 0 saturated carbocycles. The highest BCUT2D eigenvalue weighted by Crippen LogP contribution is 2.49. The van der Waals surface area contributed by atoms with E-state index in [1.54, 1.807) is 0 Å². The van der Waals surface area contributed by atoms with Gasteiger partial charge < -0.3 is 4.74 Å². The van der Waals surface area contributed by atoms with Gasteiger partial charge in [0.1, 0.15) is 0 Å². The van der Waals surface area contributed by atoms with E-state index in [2.05, 4.69) is 31.2 Å². The van der Waals surface area contributed by atoms with Crippen LogP contribution in [0, 0.1) is 5.41 Å². The van der Waals surface area contributed by atoms with E-state index in [-0.39, 0.29) is 5.41 Å². The molecule has 3 atom stereocenters. The minimum Gasteiger partial charge on any atom is -0.378 e. The number of ether oxygens (including phenoxy) is 1. The van der Waals surface area contributed by atoms with Gasteiger partial charge in [-0.15, -0.1) is 23.4 Å². The van der Waals surface area contributed by atoms with Crippen molar-refractivity contribution in [2.24, 2.45) is 5.41 Å². The van der Waals surface area contributed by atoms with E-state index in [0.29, 0.717) is 12.0 Å². The summed E-state index contributed by atoms with van der Waals surface area (Å²) in [6.07, 6.45) is 2.58. The van der Waals surface area contributed by atoms with Crippen LogP contribution < -0.4 is 0 Å². The van der Waals surface area contributed by atoms with Gasteiger partial charge in [-0.1, -0.05) is 18.2 Å². The standard InChI is InChI=1S/C15H19ClOS/c1-11-15(10-16,6-7-17-11)8-12-9-18-14-5-3-2-4-13(12)14/h2-5,11-12H,6-10H2,1H3. The average molecular weight is 283 g/mol. The number of alkyl halides is 1. The summed E-state index contributed by atoms with van der Waals surface area (Å²) in [4.78, 5) is 1.46. The highest BCUT2D eigenvalue weighted by atomic mass is 35.5. The second-order valence-corrected chi connectivity index (χ2v) is 6.84. The molecule has 1 aromatic rings. The van der Waals surface area contributed by atoms with E-state index in [1.165, 1.54) is 22.6 Å². The average Bonchev–Trinajstić information content (AvgIpc) is 2.96. The fraction of sp³-hybridized carbons (Fsp3) is 0.600. The van der Waals surface area contributed by atoms with E-state index in [1.807, 2.05) is 11.8 Å². The Kier molecular flexibility index (Phi) is 3.61. The first kappa shape index (κ1) is 12.8. The summed E-state index contributed by atoms with van der Waals surface area (Å²) in [5.41, 5.74) is 1.70. The van der Waals surface area contributed by atoms with Crippen LogP contribution in [-0.4, -0.2) is 24.3 Å². The maximum absolute atomic E-state index is 6.28. The van der Waals surface area contributed by atoms with Crippen molar-refractivity contribution in [3.8, 4) is 0 Å². The quantitative estimate of drug-likeness (QED) is 0.765. The van der Waals surface area contributed by atoms with Crippen molar-refractivity contribution in [3.05, 3.63) is 29.8 Å². The topological polar surface area (TPSA) is 9.23 Å². The van der Waals surface area contributed by atoms with Crippen molar-refractivity contribution >= 4 is 23.4 Å². The van der Waals surface area contributed by atoms with Gasteiger partial charge in [-0.25, -0.2) is 0 Å². The highest BCUT2D eigenvalue weighted by molar-refractivity contribution is 7.99. The van der Waals surface area contributed by atoms with Gasteiger partial charge in [-0.3, -0.25) is 0 Å². The van der Waals surface area contributed by atoms with Gasteiger partial charge in [0, 0.05) is 28.6 Å². The Morgan fingerprint density at radius 2 is 2.28 bits per heavy atom. The van der Waals surface area contributed by atoms with Crippen molar-refractivity contribution in [3.63, 3.8) is 0 Å². The minimum absolute atomic E-state index is 0.185. The third-order valence-electron chi connectivity index (χ3n) is 4.55. The van der Waals surface area contributed by atoms with E-state index in [9.17, 15) is 0 Å². The van der Waals surface area contributed by atoms with Crippen LogP contribution in [0.1, 0.15) is 31.2 Å². The van der Waals surface area contributed by atoms with Gasteiger partial charge in [-0.05, 0) is 37.3 Å². The van der Waals surface area contributed by atoms with Crippen molar-refractivity contribution in [1.82, 2.24) is 0 Å². The van der Waals surface area contributed by atoms with Gasteiger partial charge in [0.25, 0.3) is 0 Å². The van der Waals surface area contributed by atoms with Crippen LogP contribution in [0.3, 0.4) is 0 Å². The van der Waals surface area contributed by atoms with Crippen LogP contribution >= 0.6 is 23.4 Å². The fourth-order valence-electron chi connectivity index (χ4n) is 3.21. The molecule has 0 bridgehead atoms. The predicted octanol–water partition coefficient (Wildman–Crippen LogP) is 4.30. The number of rotatable bonds is 3.